The Balaban J connectivity index is 1.74. The van der Waals surface area contributed by atoms with Crippen molar-refractivity contribution in [2.24, 2.45) is 0 Å². The number of anilines is 3. The molecular formula is C15H18N4O3. The van der Waals surface area contributed by atoms with Gasteiger partial charge in [0.25, 0.3) is 0 Å². The van der Waals surface area contributed by atoms with Gasteiger partial charge in [-0.25, -0.2) is 4.98 Å². The monoisotopic (exact) mass is 302 g/mol. The number of aromatic nitrogens is 2. The Hall–Kier alpha value is -2.54. The van der Waals surface area contributed by atoms with Crippen LogP contribution in [-0.2, 0) is 4.74 Å². The summed E-state index contributed by atoms with van der Waals surface area (Å²) in [5.41, 5.74) is 1.75. The number of nitrogens with one attached hydrogen (secondary N) is 2. The van der Waals surface area contributed by atoms with E-state index < -0.39 is 0 Å². The minimum absolute atomic E-state index is 0.263. The van der Waals surface area contributed by atoms with Crippen molar-refractivity contribution in [2.75, 3.05) is 37.7 Å². The first-order valence-electron chi connectivity index (χ1n) is 7.00. The largest absolute Gasteiger partial charge is 0.454 e. The van der Waals surface area contributed by atoms with E-state index in [2.05, 4.69) is 20.6 Å². The molecule has 7 nitrogen and oxygen atoms in total. The van der Waals surface area contributed by atoms with Crippen LogP contribution in [0.25, 0.3) is 0 Å². The smallest absolute Gasteiger partial charge is 0.231 e. The van der Waals surface area contributed by atoms with Crippen LogP contribution in [-0.4, -0.2) is 37.0 Å². The molecule has 3 rings (SSSR count). The summed E-state index contributed by atoms with van der Waals surface area (Å²) in [7, 11) is 1.66. The molecule has 0 amide bonds. The lowest BCUT2D eigenvalue weighted by Gasteiger charge is -2.10. The Morgan fingerprint density at radius 2 is 2.05 bits per heavy atom. The van der Waals surface area contributed by atoms with Crippen LogP contribution >= 0.6 is 0 Å². The van der Waals surface area contributed by atoms with Gasteiger partial charge in [-0.05, 0) is 19.1 Å². The summed E-state index contributed by atoms with van der Waals surface area (Å²) in [6, 6.07) is 7.56. The number of ether oxygens (including phenoxy) is 3. The number of rotatable bonds is 6. The summed E-state index contributed by atoms with van der Waals surface area (Å²) < 4.78 is 15.7. The molecule has 22 heavy (non-hydrogen) atoms. The van der Waals surface area contributed by atoms with Crippen LogP contribution in [0.1, 0.15) is 5.69 Å². The van der Waals surface area contributed by atoms with E-state index in [1.54, 1.807) is 7.11 Å². The third-order valence-corrected chi connectivity index (χ3v) is 3.09. The fourth-order valence-electron chi connectivity index (χ4n) is 2.10. The minimum atomic E-state index is 0.263. The number of aryl methyl sites for hydroxylation is 1. The molecule has 0 aliphatic carbocycles. The van der Waals surface area contributed by atoms with Gasteiger partial charge in [0.1, 0.15) is 5.82 Å². The molecule has 116 valence electrons. The fourth-order valence-corrected chi connectivity index (χ4v) is 2.10. The number of nitrogens with zero attached hydrogens (tertiary/aromatic N) is 2. The molecule has 2 N–H and O–H groups in total. The molecule has 0 spiro atoms. The second-order valence-electron chi connectivity index (χ2n) is 4.83. The number of methoxy groups -OCH3 is 1. The van der Waals surface area contributed by atoms with Crippen LogP contribution in [0.3, 0.4) is 0 Å². The van der Waals surface area contributed by atoms with Gasteiger partial charge in [0.15, 0.2) is 11.5 Å². The van der Waals surface area contributed by atoms with Crippen molar-refractivity contribution in [1.29, 1.82) is 0 Å². The zero-order valence-corrected chi connectivity index (χ0v) is 12.5. The van der Waals surface area contributed by atoms with E-state index in [-0.39, 0.29) is 6.79 Å². The molecule has 2 heterocycles. The van der Waals surface area contributed by atoms with Crippen molar-refractivity contribution < 1.29 is 14.2 Å². The Morgan fingerprint density at radius 1 is 1.18 bits per heavy atom. The molecule has 0 saturated heterocycles. The number of fused-ring (bicyclic) bond motifs is 1. The van der Waals surface area contributed by atoms with Crippen molar-refractivity contribution in [3.63, 3.8) is 0 Å². The highest BCUT2D eigenvalue weighted by Gasteiger charge is 2.13. The summed E-state index contributed by atoms with van der Waals surface area (Å²) in [5, 5.41) is 6.37. The molecule has 2 aromatic rings. The van der Waals surface area contributed by atoms with E-state index in [0.717, 1.165) is 22.9 Å². The molecule has 0 fully saturated rings. The quantitative estimate of drug-likeness (QED) is 0.793. The van der Waals surface area contributed by atoms with E-state index in [4.69, 9.17) is 14.2 Å². The van der Waals surface area contributed by atoms with Gasteiger partial charge in [0, 0.05) is 37.2 Å². The third kappa shape index (κ3) is 3.37. The van der Waals surface area contributed by atoms with Crippen LogP contribution in [0.4, 0.5) is 17.5 Å². The zero-order valence-electron chi connectivity index (χ0n) is 12.5. The van der Waals surface area contributed by atoms with Gasteiger partial charge < -0.3 is 24.8 Å². The summed E-state index contributed by atoms with van der Waals surface area (Å²) >= 11 is 0. The highest BCUT2D eigenvalue weighted by atomic mass is 16.7. The second-order valence-corrected chi connectivity index (χ2v) is 4.83. The standard InChI is InChI=1S/C15H18N4O3/c1-10-7-14(19-15(17-10)16-5-6-20-2)18-11-3-4-12-13(8-11)22-9-21-12/h3-4,7-8H,5-6,9H2,1-2H3,(H2,16,17,18,19). The predicted octanol–water partition coefficient (Wildman–Crippen LogP) is 2.32. The molecule has 0 bridgehead atoms. The van der Waals surface area contributed by atoms with E-state index in [1.165, 1.54) is 0 Å². The number of benzene rings is 1. The van der Waals surface area contributed by atoms with Crippen molar-refractivity contribution in [3.05, 3.63) is 30.0 Å². The predicted molar refractivity (Wildman–Crippen MR) is 83.0 cm³/mol. The Labute approximate surface area is 128 Å². The Bertz CT molecular complexity index is 663. The third-order valence-electron chi connectivity index (χ3n) is 3.09. The molecule has 0 atom stereocenters. The van der Waals surface area contributed by atoms with Crippen LogP contribution in [0.15, 0.2) is 24.3 Å². The minimum Gasteiger partial charge on any atom is -0.454 e. The molecule has 1 aromatic heterocycles. The van der Waals surface area contributed by atoms with E-state index in [9.17, 15) is 0 Å². The van der Waals surface area contributed by atoms with E-state index >= 15 is 0 Å². The van der Waals surface area contributed by atoms with Crippen LogP contribution in [0, 0.1) is 6.92 Å². The number of hydrogen-bond acceptors (Lipinski definition) is 7. The van der Waals surface area contributed by atoms with E-state index in [1.807, 2.05) is 31.2 Å². The van der Waals surface area contributed by atoms with Crippen molar-refractivity contribution in [2.45, 2.75) is 6.92 Å². The zero-order chi connectivity index (χ0) is 15.4. The maximum atomic E-state index is 5.37. The van der Waals surface area contributed by atoms with Gasteiger partial charge in [0.2, 0.25) is 12.7 Å². The number of hydrogen-bond donors (Lipinski definition) is 2. The van der Waals surface area contributed by atoms with Gasteiger partial charge in [0.05, 0.1) is 6.61 Å². The summed E-state index contributed by atoms with van der Waals surface area (Å²) in [6.07, 6.45) is 0. The first-order valence-corrected chi connectivity index (χ1v) is 7.00. The molecule has 7 heteroatoms. The first kappa shape index (κ1) is 14.4. The van der Waals surface area contributed by atoms with E-state index in [0.29, 0.717) is 24.9 Å². The van der Waals surface area contributed by atoms with Crippen LogP contribution in [0.5, 0.6) is 11.5 Å². The van der Waals surface area contributed by atoms with Gasteiger partial charge in [-0.3, -0.25) is 0 Å². The van der Waals surface area contributed by atoms with Crippen LogP contribution in [0.2, 0.25) is 0 Å². The Morgan fingerprint density at radius 3 is 2.91 bits per heavy atom. The average molecular weight is 302 g/mol. The summed E-state index contributed by atoms with van der Waals surface area (Å²) in [4.78, 5) is 8.78. The molecule has 1 aliphatic heterocycles. The van der Waals surface area contributed by atoms with Crippen molar-refractivity contribution >= 4 is 17.5 Å². The van der Waals surface area contributed by atoms with Gasteiger partial charge >= 0.3 is 0 Å². The van der Waals surface area contributed by atoms with Crippen LogP contribution < -0.4 is 20.1 Å². The SMILES string of the molecule is COCCNc1nc(C)cc(Nc2ccc3c(c2)OCO3)n1. The average Bonchev–Trinajstić information content (AvgIpc) is 2.94. The normalized spacial score (nSPS) is 12.3. The maximum absolute atomic E-state index is 5.37. The highest BCUT2D eigenvalue weighted by molar-refractivity contribution is 5.62. The molecule has 0 unspecified atom stereocenters. The fraction of sp³-hybridized carbons (Fsp3) is 0.333. The lowest BCUT2D eigenvalue weighted by Crippen LogP contribution is -2.11. The first-order chi connectivity index (χ1) is 10.7. The van der Waals surface area contributed by atoms with Gasteiger partial charge in [-0.2, -0.15) is 4.98 Å². The van der Waals surface area contributed by atoms with Gasteiger partial charge in [-0.1, -0.05) is 0 Å². The topological polar surface area (TPSA) is 77.5 Å². The summed E-state index contributed by atoms with van der Waals surface area (Å²) in [5.74, 6) is 2.77. The summed E-state index contributed by atoms with van der Waals surface area (Å²) in [6.45, 7) is 3.44. The molecule has 0 radical (unpaired) electrons. The molecule has 1 aliphatic rings. The van der Waals surface area contributed by atoms with Gasteiger partial charge in [-0.15, -0.1) is 0 Å². The maximum Gasteiger partial charge on any atom is 0.231 e. The highest BCUT2D eigenvalue weighted by Crippen LogP contribution is 2.34. The van der Waals surface area contributed by atoms with Crippen molar-refractivity contribution in [3.8, 4) is 11.5 Å². The lowest BCUT2D eigenvalue weighted by molar-refractivity contribution is 0.174. The molecular weight excluding hydrogens is 284 g/mol. The molecule has 0 saturated carbocycles. The second kappa shape index (κ2) is 6.48. The molecule has 1 aromatic carbocycles. The Kier molecular flexibility index (Phi) is 4.24. The lowest BCUT2D eigenvalue weighted by atomic mass is 10.2. The van der Waals surface area contributed by atoms with Crippen molar-refractivity contribution in [1.82, 2.24) is 9.97 Å².